The van der Waals surface area contributed by atoms with E-state index < -0.39 is 6.04 Å². The number of aryl methyl sites for hydroxylation is 1. The highest BCUT2D eigenvalue weighted by Crippen LogP contribution is 2.24. The van der Waals surface area contributed by atoms with Crippen molar-refractivity contribution in [1.29, 1.82) is 0 Å². The number of methoxy groups -OCH3 is 1. The third-order valence-corrected chi connectivity index (χ3v) is 3.88. The number of nitrogens with two attached hydrogens (primary N) is 1. The quantitative estimate of drug-likeness (QED) is 0.832. The van der Waals surface area contributed by atoms with Crippen LogP contribution < -0.4 is 10.5 Å². The number of ether oxygens (including phenoxy) is 2. The highest BCUT2D eigenvalue weighted by atomic mass is 16.5. The van der Waals surface area contributed by atoms with Crippen LogP contribution in [0.2, 0.25) is 0 Å². The molecule has 0 spiro atoms. The Kier molecular flexibility index (Phi) is 5.45. The average molecular weight is 316 g/mol. The van der Waals surface area contributed by atoms with Gasteiger partial charge in [0, 0.05) is 29.6 Å². The zero-order chi connectivity index (χ0) is 17.0. The van der Waals surface area contributed by atoms with Crippen molar-refractivity contribution in [3.8, 4) is 11.4 Å². The first-order chi connectivity index (χ1) is 11.0. The summed E-state index contributed by atoms with van der Waals surface area (Å²) in [5, 5.41) is 0. The maximum absolute atomic E-state index is 11.7. The van der Waals surface area contributed by atoms with Crippen molar-refractivity contribution in [1.82, 2.24) is 4.57 Å². The van der Waals surface area contributed by atoms with Crippen LogP contribution in [-0.2, 0) is 16.0 Å². The lowest BCUT2D eigenvalue weighted by atomic mass is 10.1. The maximum atomic E-state index is 11.7. The molecule has 0 fully saturated rings. The molecule has 0 bridgehead atoms. The predicted octanol–water partition coefficient (Wildman–Crippen LogP) is 2.54. The largest absolute Gasteiger partial charge is 0.497 e. The van der Waals surface area contributed by atoms with E-state index in [1.54, 1.807) is 14.0 Å². The first kappa shape index (κ1) is 17.1. The van der Waals surface area contributed by atoms with Crippen LogP contribution in [0.1, 0.15) is 23.9 Å². The molecule has 23 heavy (non-hydrogen) atoms. The highest BCUT2D eigenvalue weighted by molar-refractivity contribution is 5.76. The molecule has 1 atom stereocenters. The van der Waals surface area contributed by atoms with E-state index in [1.807, 2.05) is 38.1 Å². The molecule has 0 radical (unpaired) electrons. The fourth-order valence-electron chi connectivity index (χ4n) is 2.75. The first-order valence-corrected chi connectivity index (χ1v) is 7.72. The molecule has 1 aromatic carbocycles. The molecule has 0 aliphatic rings. The summed E-state index contributed by atoms with van der Waals surface area (Å²) in [7, 11) is 1.65. The van der Waals surface area contributed by atoms with Gasteiger partial charge in [-0.3, -0.25) is 4.79 Å². The van der Waals surface area contributed by atoms with Crippen LogP contribution in [0.3, 0.4) is 0 Å². The summed E-state index contributed by atoms with van der Waals surface area (Å²) in [5.74, 6) is 0.443. The van der Waals surface area contributed by atoms with Crippen LogP contribution in [0.5, 0.6) is 5.75 Å². The van der Waals surface area contributed by atoms with Gasteiger partial charge in [0.25, 0.3) is 0 Å². The number of esters is 1. The number of aromatic nitrogens is 1. The lowest BCUT2D eigenvalue weighted by molar-refractivity contribution is -0.144. The van der Waals surface area contributed by atoms with Gasteiger partial charge in [-0.1, -0.05) is 6.07 Å². The molecule has 5 heteroatoms. The van der Waals surface area contributed by atoms with Crippen LogP contribution in [0.4, 0.5) is 0 Å². The van der Waals surface area contributed by atoms with Crippen LogP contribution in [0.25, 0.3) is 5.69 Å². The van der Waals surface area contributed by atoms with E-state index in [9.17, 15) is 4.79 Å². The van der Waals surface area contributed by atoms with E-state index in [-0.39, 0.29) is 5.97 Å². The molecule has 2 rings (SSSR count). The fourth-order valence-corrected chi connectivity index (χ4v) is 2.75. The van der Waals surface area contributed by atoms with Crippen molar-refractivity contribution in [2.45, 2.75) is 33.2 Å². The van der Waals surface area contributed by atoms with Crippen LogP contribution in [-0.4, -0.2) is 30.3 Å². The molecule has 124 valence electrons. The Morgan fingerprint density at radius 3 is 2.70 bits per heavy atom. The van der Waals surface area contributed by atoms with Gasteiger partial charge in [0.15, 0.2) is 0 Å². The number of hydrogen-bond acceptors (Lipinski definition) is 4. The van der Waals surface area contributed by atoms with Crippen molar-refractivity contribution in [3.63, 3.8) is 0 Å². The Balaban J connectivity index is 2.30. The van der Waals surface area contributed by atoms with Gasteiger partial charge in [-0.15, -0.1) is 0 Å². The number of carbonyl (C=O) groups is 1. The summed E-state index contributed by atoms with van der Waals surface area (Å²) in [6.45, 7) is 6.18. The van der Waals surface area contributed by atoms with Gasteiger partial charge >= 0.3 is 5.97 Å². The highest BCUT2D eigenvalue weighted by Gasteiger charge is 2.19. The minimum Gasteiger partial charge on any atom is -0.497 e. The van der Waals surface area contributed by atoms with E-state index >= 15 is 0 Å². The molecule has 1 aromatic heterocycles. The summed E-state index contributed by atoms with van der Waals surface area (Å²) in [6, 6.07) is 9.29. The molecule has 0 saturated carbocycles. The molecular weight excluding hydrogens is 292 g/mol. The molecular formula is C18H24N2O3. The molecule has 0 aliphatic carbocycles. The summed E-state index contributed by atoms with van der Waals surface area (Å²) in [4.78, 5) is 11.7. The molecule has 0 saturated heterocycles. The van der Waals surface area contributed by atoms with Crippen molar-refractivity contribution in [2.24, 2.45) is 5.73 Å². The zero-order valence-electron chi connectivity index (χ0n) is 14.1. The number of hydrogen-bond donors (Lipinski definition) is 1. The van der Waals surface area contributed by atoms with Gasteiger partial charge in [0.2, 0.25) is 0 Å². The lowest BCUT2D eigenvalue weighted by Gasteiger charge is -2.13. The van der Waals surface area contributed by atoms with Crippen molar-refractivity contribution < 1.29 is 14.3 Å². The summed E-state index contributed by atoms with van der Waals surface area (Å²) in [5.41, 5.74) is 10.2. The van der Waals surface area contributed by atoms with Gasteiger partial charge in [-0.25, -0.2) is 0 Å². The molecule has 1 heterocycles. The molecule has 0 amide bonds. The Labute approximate surface area is 137 Å². The summed E-state index contributed by atoms with van der Waals surface area (Å²) < 4.78 is 12.4. The van der Waals surface area contributed by atoms with Crippen LogP contribution >= 0.6 is 0 Å². The first-order valence-electron chi connectivity index (χ1n) is 7.72. The number of nitrogens with zero attached hydrogens (tertiary/aromatic N) is 1. The number of rotatable bonds is 6. The van der Waals surface area contributed by atoms with Gasteiger partial charge < -0.3 is 19.8 Å². The SMILES string of the molecule is CCOC(=O)C(N)Cc1cc(C)n(-c2cccc(OC)c2)c1C. The summed E-state index contributed by atoms with van der Waals surface area (Å²) >= 11 is 0. The topological polar surface area (TPSA) is 66.5 Å². The van der Waals surface area contributed by atoms with Gasteiger partial charge in [0.05, 0.1) is 13.7 Å². The molecule has 0 aliphatic heterocycles. The van der Waals surface area contributed by atoms with Crippen LogP contribution in [0.15, 0.2) is 30.3 Å². The maximum Gasteiger partial charge on any atom is 0.323 e. The Morgan fingerprint density at radius 2 is 2.04 bits per heavy atom. The second-order valence-electron chi connectivity index (χ2n) is 5.50. The number of carbonyl (C=O) groups excluding carboxylic acids is 1. The summed E-state index contributed by atoms with van der Waals surface area (Å²) in [6.07, 6.45) is 0.461. The van der Waals surface area contributed by atoms with Crippen LogP contribution in [0, 0.1) is 13.8 Å². The van der Waals surface area contributed by atoms with E-state index in [1.165, 1.54) is 0 Å². The third kappa shape index (κ3) is 3.74. The Morgan fingerprint density at radius 1 is 1.30 bits per heavy atom. The normalized spacial score (nSPS) is 12.0. The zero-order valence-corrected chi connectivity index (χ0v) is 14.1. The van der Waals surface area contributed by atoms with Gasteiger partial charge in [0.1, 0.15) is 11.8 Å². The second-order valence-corrected chi connectivity index (χ2v) is 5.50. The Hall–Kier alpha value is -2.27. The third-order valence-electron chi connectivity index (χ3n) is 3.88. The monoisotopic (exact) mass is 316 g/mol. The van der Waals surface area contributed by atoms with Crippen molar-refractivity contribution >= 4 is 5.97 Å². The fraction of sp³-hybridized carbons (Fsp3) is 0.389. The second kappa shape index (κ2) is 7.33. The Bertz CT molecular complexity index is 692. The van der Waals surface area contributed by atoms with E-state index in [4.69, 9.17) is 15.2 Å². The average Bonchev–Trinajstić information content (AvgIpc) is 2.81. The molecule has 1 unspecified atom stereocenters. The molecule has 2 N–H and O–H groups in total. The van der Waals surface area contributed by atoms with Gasteiger partial charge in [-0.2, -0.15) is 0 Å². The van der Waals surface area contributed by atoms with Crippen molar-refractivity contribution in [3.05, 3.63) is 47.3 Å². The molecule has 2 aromatic rings. The predicted molar refractivity (Wildman–Crippen MR) is 90.1 cm³/mol. The standard InChI is InChI=1S/C18H24N2O3/c1-5-23-18(21)17(19)10-14-9-12(2)20(13(14)3)15-7-6-8-16(11-15)22-4/h6-9,11,17H,5,10,19H2,1-4H3. The van der Waals surface area contributed by atoms with Crippen molar-refractivity contribution in [2.75, 3.05) is 13.7 Å². The molecule has 5 nitrogen and oxygen atoms in total. The minimum absolute atomic E-state index is 0.343. The lowest BCUT2D eigenvalue weighted by Crippen LogP contribution is -2.34. The van der Waals surface area contributed by atoms with Gasteiger partial charge in [-0.05, 0) is 44.5 Å². The smallest absolute Gasteiger partial charge is 0.323 e. The minimum atomic E-state index is -0.644. The number of benzene rings is 1. The van der Waals surface area contributed by atoms with E-state index in [0.717, 1.165) is 28.4 Å². The van der Waals surface area contributed by atoms with E-state index in [2.05, 4.69) is 10.6 Å². The van der Waals surface area contributed by atoms with E-state index in [0.29, 0.717) is 13.0 Å².